The van der Waals surface area contributed by atoms with Crippen LogP contribution in [0.5, 0.6) is 0 Å². The minimum absolute atomic E-state index is 0.483. The number of halogens is 1. The van der Waals surface area contributed by atoms with Gasteiger partial charge in [-0.3, -0.25) is 0 Å². The summed E-state index contributed by atoms with van der Waals surface area (Å²) in [6.07, 6.45) is 3.70. The Morgan fingerprint density at radius 2 is 2.25 bits per heavy atom. The highest BCUT2D eigenvalue weighted by Crippen LogP contribution is 2.33. The van der Waals surface area contributed by atoms with E-state index in [0.717, 1.165) is 17.5 Å². The Morgan fingerprint density at radius 1 is 1.44 bits per heavy atom. The van der Waals surface area contributed by atoms with Crippen molar-refractivity contribution in [3.63, 3.8) is 0 Å². The van der Waals surface area contributed by atoms with Gasteiger partial charge in [0, 0.05) is 11.1 Å². The molecular weight excluding hydrogens is 218 g/mol. The first-order valence-electron chi connectivity index (χ1n) is 6.22. The van der Waals surface area contributed by atoms with E-state index >= 15 is 0 Å². The van der Waals surface area contributed by atoms with Crippen LogP contribution in [0.3, 0.4) is 0 Å². The normalized spacial score (nSPS) is 24.9. The van der Waals surface area contributed by atoms with Crippen LogP contribution in [0, 0.1) is 5.92 Å². The molecule has 0 heterocycles. The average Bonchev–Trinajstić information content (AvgIpc) is 2.40. The van der Waals surface area contributed by atoms with Crippen molar-refractivity contribution in [3.05, 3.63) is 34.3 Å². The summed E-state index contributed by atoms with van der Waals surface area (Å²) >= 11 is 6.10. The molecule has 88 valence electrons. The molecule has 0 amide bonds. The zero-order valence-corrected chi connectivity index (χ0v) is 10.8. The van der Waals surface area contributed by atoms with Crippen LogP contribution in [-0.4, -0.2) is 6.54 Å². The molecule has 2 heteroatoms. The first-order valence-corrected chi connectivity index (χ1v) is 6.60. The molecule has 16 heavy (non-hydrogen) atoms. The maximum Gasteiger partial charge on any atom is 0.0409 e. The number of benzene rings is 1. The SMILES string of the molecule is CCNC1CC(C)CCc2ccc(Cl)cc21. The van der Waals surface area contributed by atoms with Gasteiger partial charge in [-0.15, -0.1) is 0 Å². The van der Waals surface area contributed by atoms with E-state index in [-0.39, 0.29) is 0 Å². The van der Waals surface area contributed by atoms with E-state index in [1.807, 2.05) is 6.07 Å². The number of hydrogen-bond acceptors (Lipinski definition) is 1. The summed E-state index contributed by atoms with van der Waals surface area (Å²) in [5.41, 5.74) is 2.89. The van der Waals surface area contributed by atoms with E-state index in [2.05, 4.69) is 31.3 Å². The van der Waals surface area contributed by atoms with Gasteiger partial charge in [-0.2, -0.15) is 0 Å². The minimum Gasteiger partial charge on any atom is -0.310 e. The molecule has 0 saturated carbocycles. The third kappa shape index (κ3) is 2.58. The smallest absolute Gasteiger partial charge is 0.0409 e. The molecule has 1 nitrogen and oxygen atoms in total. The van der Waals surface area contributed by atoms with E-state index in [9.17, 15) is 0 Å². The zero-order valence-electron chi connectivity index (χ0n) is 10.1. The summed E-state index contributed by atoms with van der Waals surface area (Å²) in [6.45, 7) is 5.53. The monoisotopic (exact) mass is 237 g/mol. The number of nitrogens with one attached hydrogen (secondary N) is 1. The van der Waals surface area contributed by atoms with Gasteiger partial charge < -0.3 is 5.32 Å². The minimum atomic E-state index is 0.483. The lowest BCUT2D eigenvalue weighted by Gasteiger charge is -2.20. The Kier molecular flexibility index (Phi) is 3.88. The van der Waals surface area contributed by atoms with E-state index in [1.54, 1.807) is 0 Å². The first-order chi connectivity index (χ1) is 7.70. The molecule has 1 N–H and O–H groups in total. The lowest BCUT2D eigenvalue weighted by molar-refractivity contribution is 0.415. The van der Waals surface area contributed by atoms with Crippen LogP contribution in [0.25, 0.3) is 0 Å². The largest absolute Gasteiger partial charge is 0.310 e. The van der Waals surface area contributed by atoms with Crippen molar-refractivity contribution in [2.75, 3.05) is 6.54 Å². The fourth-order valence-electron chi connectivity index (χ4n) is 2.61. The van der Waals surface area contributed by atoms with Crippen molar-refractivity contribution >= 4 is 11.6 Å². The van der Waals surface area contributed by atoms with Gasteiger partial charge in [0.25, 0.3) is 0 Å². The highest BCUT2D eigenvalue weighted by molar-refractivity contribution is 6.30. The third-order valence-electron chi connectivity index (χ3n) is 3.48. The van der Waals surface area contributed by atoms with E-state index in [1.165, 1.54) is 30.4 Å². The highest BCUT2D eigenvalue weighted by Gasteiger charge is 2.21. The van der Waals surface area contributed by atoms with Crippen LogP contribution in [0.2, 0.25) is 5.02 Å². The second-order valence-electron chi connectivity index (χ2n) is 4.83. The number of aryl methyl sites for hydroxylation is 1. The van der Waals surface area contributed by atoms with Gasteiger partial charge in [0.1, 0.15) is 0 Å². The quantitative estimate of drug-likeness (QED) is 0.768. The summed E-state index contributed by atoms with van der Waals surface area (Å²) in [4.78, 5) is 0. The topological polar surface area (TPSA) is 12.0 Å². The molecule has 1 aromatic carbocycles. The van der Waals surface area contributed by atoms with Gasteiger partial charge in [0.2, 0.25) is 0 Å². The third-order valence-corrected chi connectivity index (χ3v) is 3.71. The fourth-order valence-corrected chi connectivity index (χ4v) is 2.79. The van der Waals surface area contributed by atoms with Crippen molar-refractivity contribution in [1.29, 1.82) is 0 Å². The predicted octanol–water partition coefficient (Wildman–Crippen LogP) is 3.96. The van der Waals surface area contributed by atoms with Crippen molar-refractivity contribution in [3.8, 4) is 0 Å². The molecule has 0 bridgehead atoms. The molecule has 1 aliphatic carbocycles. The van der Waals surface area contributed by atoms with Gasteiger partial charge in [0.05, 0.1) is 0 Å². The number of fused-ring (bicyclic) bond motifs is 1. The van der Waals surface area contributed by atoms with Crippen molar-refractivity contribution < 1.29 is 0 Å². The molecule has 0 aromatic heterocycles. The van der Waals surface area contributed by atoms with Crippen molar-refractivity contribution in [2.45, 2.75) is 39.2 Å². The Balaban J connectivity index is 2.34. The summed E-state index contributed by atoms with van der Waals surface area (Å²) < 4.78 is 0. The summed E-state index contributed by atoms with van der Waals surface area (Å²) in [6, 6.07) is 6.83. The molecule has 1 aliphatic rings. The number of rotatable bonds is 2. The summed E-state index contributed by atoms with van der Waals surface area (Å²) in [7, 11) is 0. The van der Waals surface area contributed by atoms with Crippen molar-refractivity contribution in [2.24, 2.45) is 5.92 Å². The predicted molar refractivity (Wildman–Crippen MR) is 70.0 cm³/mol. The van der Waals surface area contributed by atoms with E-state index in [4.69, 9.17) is 11.6 Å². The summed E-state index contributed by atoms with van der Waals surface area (Å²) in [5, 5.41) is 4.44. The molecule has 1 aromatic rings. The average molecular weight is 238 g/mol. The van der Waals surface area contributed by atoms with Crippen LogP contribution >= 0.6 is 11.6 Å². The maximum atomic E-state index is 6.10. The molecule has 0 fully saturated rings. The molecule has 2 rings (SSSR count). The molecule has 0 radical (unpaired) electrons. The van der Waals surface area contributed by atoms with Crippen LogP contribution in [0.4, 0.5) is 0 Å². The fraction of sp³-hybridized carbons (Fsp3) is 0.571. The van der Waals surface area contributed by atoms with E-state index < -0.39 is 0 Å². The molecule has 0 saturated heterocycles. The molecular formula is C14H20ClN. The molecule has 2 unspecified atom stereocenters. The van der Waals surface area contributed by atoms with Crippen LogP contribution < -0.4 is 5.32 Å². The molecule has 0 aliphatic heterocycles. The summed E-state index contributed by atoms with van der Waals surface area (Å²) in [5.74, 6) is 0.787. The molecule has 0 spiro atoms. The van der Waals surface area contributed by atoms with Crippen LogP contribution in [0.15, 0.2) is 18.2 Å². The van der Waals surface area contributed by atoms with Crippen LogP contribution in [-0.2, 0) is 6.42 Å². The lowest BCUT2D eigenvalue weighted by atomic mass is 9.97. The standard InChI is InChI=1S/C14H20ClN/c1-3-16-14-8-10(2)4-5-11-6-7-12(15)9-13(11)14/h6-7,9-10,14,16H,3-5,8H2,1-2H3. The zero-order chi connectivity index (χ0) is 11.5. The Labute approximate surface area is 103 Å². The molecule has 2 atom stereocenters. The van der Waals surface area contributed by atoms with Crippen molar-refractivity contribution in [1.82, 2.24) is 5.32 Å². The van der Waals surface area contributed by atoms with Gasteiger partial charge >= 0.3 is 0 Å². The highest BCUT2D eigenvalue weighted by atomic mass is 35.5. The maximum absolute atomic E-state index is 6.10. The first kappa shape index (κ1) is 11.9. The Bertz CT molecular complexity index is 362. The second kappa shape index (κ2) is 5.20. The van der Waals surface area contributed by atoms with Gasteiger partial charge in [-0.25, -0.2) is 0 Å². The van der Waals surface area contributed by atoms with Gasteiger partial charge in [0.15, 0.2) is 0 Å². The Hall–Kier alpha value is -0.530. The Morgan fingerprint density at radius 3 is 3.00 bits per heavy atom. The lowest BCUT2D eigenvalue weighted by Crippen LogP contribution is -2.22. The van der Waals surface area contributed by atoms with Crippen LogP contribution in [0.1, 0.15) is 43.9 Å². The van der Waals surface area contributed by atoms with E-state index in [0.29, 0.717) is 6.04 Å². The van der Waals surface area contributed by atoms with Gasteiger partial charge in [-0.05, 0) is 55.0 Å². The second-order valence-corrected chi connectivity index (χ2v) is 5.27. The number of hydrogen-bond donors (Lipinski definition) is 1. The van der Waals surface area contributed by atoms with Gasteiger partial charge in [-0.1, -0.05) is 31.5 Å².